The summed E-state index contributed by atoms with van der Waals surface area (Å²) in [6.07, 6.45) is 1.88. The summed E-state index contributed by atoms with van der Waals surface area (Å²) in [7, 11) is 3.95. The topological polar surface area (TPSA) is 28.2 Å². The van der Waals surface area contributed by atoms with E-state index in [1.54, 1.807) is 0 Å². The summed E-state index contributed by atoms with van der Waals surface area (Å²) >= 11 is 6.28. The van der Waals surface area contributed by atoms with Crippen LogP contribution in [0.1, 0.15) is 26.3 Å². The van der Waals surface area contributed by atoms with E-state index in [1.807, 2.05) is 26.4 Å². The lowest BCUT2D eigenvalue weighted by Crippen LogP contribution is -2.34. The van der Waals surface area contributed by atoms with Gasteiger partial charge in [-0.2, -0.15) is 0 Å². The molecule has 1 rings (SSSR count). The van der Waals surface area contributed by atoms with Crippen molar-refractivity contribution in [3.8, 4) is 0 Å². The highest BCUT2D eigenvalue weighted by Crippen LogP contribution is 2.26. The Morgan fingerprint density at radius 1 is 1.41 bits per heavy atom. The van der Waals surface area contributed by atoms with Crippen molar-refractivity contribution in [2.75, 3.05) is 19.0 Å². The zero-order chi connectivity index (χ0) is 13.0. The summed E-state index contributed by atoms with van der Waals surface area (Å²) in [6.45, 7) is 7.37. The Morgan fingerprint density at radius 3 is 2.53 bits per heavy atom. The normalized spacial score (nSPS) is 12.9. The summed E-state index contributed by atoms with van der Waals surface area (Å²) in [6, 6.07) is 2.39. The quantitative estimate of drug-likeness (QED) is 0.877. The second kappa shape index (κ2) is 6.22. The van der Waals surface area contributed by atoms with Crippen LogP contribution >= 0.6 is 11.6 Å². The molecule has 0 aliphatic rings. The fraction of sp³-hybridized carbons (Fsp3) is 0.615. The van der Waals surface area contributed by atoms with E-state index in [9.17, 15) is 0 Å². The van der Waals surface area contributed by atoms with Gasteiger partial charge in [-0.05, 0) is 31.5 Å². The van der Waals surface area contributed by atoms with Gasteiger partial charge in [-0.3, -0.25) is 0 Å². The van der Waals surface area contributed by atoms with Gasteiger partial charge in [-0.25, -0.2) is 4.98 Å². The molecule has 1 aromatic heterocycles. The van der Waals surface area contributed by atoms with Crippen LogP contribution in [0.15, 0.2) is 12.3 Å². The third-order valence-corrected chi connectivity index (χ3v) is 3.45. The van der Waals surface area contributed by atoms with Crippen LogP contribution in [0.25, 0.3) is 0 Å². The maximum absolute atomic E-state index is 6.28. The van der Waals surface area contributed by atoms with E-state index in [0.29, 0.717) is 17.0 Å². The molecular formula is C13H22ClN3. The number of hydrogen-bond acceptors (Lipinski definition) is 3. The van der Waals surface area contributed by atoms with E-state index in [0.717, 1.165) is 17.9 Å². The van der Waals surface area contributed by atoms with Crippen molar-refractivity contribution in [3.05, 3.63) is 22.8 Å². The van der Waals surface area contributed by atoms with Crippen molar-refractivity contribution in [3.63, 3.8) is 0 Å². The molecule has 0 bridgehead atoms. The average Bonchev–Trinajstić information content (AvgIpc) is 2.27. The highest BCUT2D eigenvalue weighted by atomic mass is 35.5. The number of pyridine rings is 1. The van der Waals surface area contributed by atoms with Crippen LogP contribution in [-0.4, -0.2) is 25.1 Å². The van der Waals surface area contributed by atoms with Crippen LogP contribution in [0, 0.1) is 5.92 Å². The Balaban J connectivity index is 2.91. The van der Waals surface area contributed by atoms with Crippen molar-refractivity contribution >= 4 is 17.4 Å². The van der Waals surface area contributed by atoms with Crippen LogP contribution < -0.4 is 10.2 Å². The molecular weight excluding hydrogens is 234 g/mol. The minimum absolute atomic E-state index is 0.412. The molecule has 1 unspecified atom stereocenters. The monoisotopic (exact) mass is 255 g/mol. The van der Waals surface area contributed by atoms with E-state index in [4.69, 9.17) is 11.6 Å². The molecule has 1 aromatic rings. The molecule has 0 aliphatic heterocycles. The fourth-order valence-electron chi connectivity index (χ4n) is 1.67. The van der Waals surface area contributed by atoms with E-state index < -0.39 is 0 Å². The van der Waals surface area contributed by atoms with Gasteiger partial charge >= 0.3 is 0 Å². The molecule has 4 heteroatoms. The fourth-order valence-corrected chi connectivity index (χ4v) is 1.99. The largest absolute Gasteiger partial charge is 0.355 e. The number of halogens is 1. The lowest BCUT2D eigenvalue weighted by atomic mass is 10.1. The van der Waals surface area contributed by atoms with Crippen LogP contribution in [0.3, 0.4) is 0 Å². The Hall–Kier alpha value is -0.800. The average molecular weight is 256 g/mol. The number of anilines is 1. The first-order valence-electron chi connectivity index (χ1n) is 5.99. The molecule has 0 aliphatic carbocycles. The molecule has 0 radical (unpaired) electrons. The number of nitrogens with one attached hydrogen (secondary N) is 1. The maximum Gasteiger partial charge on any atom is 0.147 e. The first kappa shape index (κ1) is 14.3. The van der Waals surface area contributed by atoms with Crippen molar-refractivity contribution < 1.29 is 0 Å². The first-order valence-corrected chi connectivity index (χ1v) is 6.37. The van der Waals surface area contributed by atoms with Gasteiger partial charge < -0.3 is 10.2 Å². The van der Waals surface area contributed by atoms with Gasteiger partial charge in [0, 0.05) is 25.8 Å². The predicted octanol–water partition coefficient (Wildman–Crippen LogP) is 2.94. The Morgan fingerprint density at radius 2 is 2.06 bits per heavy atom. The lowest BCUT2D eigenvalue weighted by molar-refractivity contribution is 0.502. The van der Waals surface area contributed by atoms with Gasteiger partial charge in [0.25, 0.3) is 0 Å². The zero-order valence-corrected chi connectivity index (χ0v) is 12.0. The van der Waals surface area contributed by atoms with Crippen LogP contribution in [0.5, 0.6) is 0 Å². The Bertz CT molecular complexity index is 366. The molecule has 96 valence electrons. The minimum atomic E-state index is 0.412. The van der Waals surface area contributed by atoms with E-state index in [2.05, 4.69) is 36.0 Å². The molecule has 0 saturated carbocycles. The van der Waals surface area contributed by atoms with Gasteiger partial charge in [-0.15, -0.1) is 0 Å². The molecule has 0 fully saturated rings. The number of rotatable bonds is 5. The smallest absolute Gasteiger partial charge is 0.147 e. The van der Waals surface area contributed by atoms with Crippen LogP contribution in [-0.2, 0) is 6.54 Å². The highest BCUT2D eigenvalue weighted by molar-refractivity contribution is 6.33. The van der Waals surface area contributed by atoms with Crippen LogP contribution in [0.2, 0.25) is 5.02 Å². The molecule has 0 amide bonds. The summed E-state index contributed by atoms with van der Waals surface area (Å²) < 4.78 is 0. The van der Waals surface area contributed by atoms with Crippen molar-refractivity contribution in [1.82, 2.24) is 10.3 Å². The highest BCUT2D eigenvalue weighted by Gasteiger charge is 2.17. The van der Waals surface area contributed by atoms with Gasteiger partial charge in [-0.1, -0.05) is 25.4 Å². The molecule has 0 spiro atoms. The molecule has 1 N–H and O–H groups in total. The van der Waals surface area contributed by atoms with E-state index in [-0.39, 0.29) is 0 Å². The summed E-state index contributed by atoms with van der Waals surface area (Å²) in [5, 5.41) is 3.80. The summed E-state index contributed by atoms with van der Waals surface area (Å²) in [4.78, 5) is 6.59. The van der Waals surface area contributed by atoms with Gasteiger partial charge in [0.05, 0.1) is 5.02 Å². The van der Waals surface area contributed by atoms with E-state index >= 15 is 0 Å². The molecule has 3 nitrogen and oxygen atoms in total. The third-order valence-electron chi connectivity index (χ3n) is 3.17. The maximum atomic E-state index is 6.28. The second-order valence-electron chi connectivity index (χ2n) is 4.77. The summed E-state index contributed by atoms with van der Waals surface area (Å²) in [5.41, 5.74) is 1.10. The molecule has 1 heterocycles. The molecule has 0 saturated heterocycles. The number of aromatic nitrogens is 1. The van der Waals surface area contributed by atoms with Gasteiger partial charge in [0.2, 0.25) is 0 Å². The van der Waals surface area contributed by atoms with Gasteiger partial charge in [0.15, 0.2) is 0 Å². The SMILES string of the molecule is CNCc1cnc(N(C)C(C)C(C)C)c(Cl)c1. The second-order valence-corrected chi connectivity index (χ2v) is 5.18. The molecule has 17 heavy (non-hydrogen) atoms. The number of nitrogens with zero attached hydrogens (tertiary/aromatic N) is 2. The summed E-state index contributed by atoms with van der Waals surface area (Å²) in [5.74, 6) is 1.42. The standard InChI is InChI=1S/C13H22ClN3/c1-9(2)10(3)17(5)13-12(14)6-11(7-15-4)8-16-13/h6,8-10,15H,7H2,1-5H3. The van der Waals surface area contributed by atoms with E-state index in [1.165, 1.54) is 0 Å². The zero-order valence-electron chi connectivity index (χ0n) is 11.3. The third kappa shape index (κ3) is 3.58. The minimum Gasteiger partial charge on any atom is -0.355 e. The predicted molar refractivity (Wildman–Crippen MR) is 74.7 cm³/mol. The van der Waals surface area contributed by atoms with Crippen molar-refractivity contribution in [2.45, 2.75) is 33.4 Å². The first-order chi connectivity index (χ1) is 7.97. The van der Waals surface area contributed by atoms with Gasteiger partial charge in [0.1, 0.15) is 5.82 Å². The van der Waals surface area contributed by atoms with Crippen molar-refractivity contribution in [2.24, 2.45) is 5.92 Å². The number of hydrogen-bond donors (Lipinski definition) is 1. The lowest BCUT2D eigenvalue weighted by Gasteiger charge is -2.29. The Kier molecular flexibility index (Phi) is 5.22. The molecule has 1 atom stereocenters. The Labute approximate surface area is 109 Å². The molecule has 0 aromatic carbocycles. The van der Waals surface area contributed by atoms with Crippen molar-refractivity contribution in [1.29, 1.82) is 0 Å². The van der Waals surface area contributed by atoms with Crippen LogP contribution in [0.4, 0.5) is 5.82 Å².